The molecule has 0 saturated heterocycles. The maximum atomic E-state index is 10.2. The van der Waals surface area contributed by atoms with E-state index >= 15 is 0 Å². The fourth-order valence-corrected chi connectivity index (χ4v) is 3.15. The third-order valence-electron chi connectivity index (χ3n) is 3.68. The molecule has 0 unspecified atom stereocenters. The average Bonchev–Trinajstić information content (AvgIpc) is 2.82. The first-order valence-electron chi connectivity index (χ1n) is 9.81. The van der Waals surface area contributed by atoms with Crippen molar-refractivity contribution in [3.05, 3.63) is 124 Å². The van der Waals surface area contributed by atoms with Crippen LogP contribution < -0.4 is 0 Å². The fourth-order valence-electron chi connectivity index (χ4n) is 2.18. The van der Waals surface area contributed by atoms with Crippen molar-refractivity contribution >= 4 is 65.9 Å². The number of rotatable bonds is 6. The molecule has 3 rings (SSSR count). The molecule has 0 aliphatic carbocycles. The molecule has 0 radical (unpaired) electrons. The van der Waals surface area contributed by atoms with Crippen molar-refractivity contribution in [3.63, 3.8) is 0 Å². The second-order valence-corrected chi connectivity index (χ2v) is 10.4. The van der Waals surface area contributed by atoms with Crippen molar-refractivity contribution in [3.8, 4) is 0 Å². The Morgan fingerprint density at radius 1 is 0.405 bits per heavy atom. The fraction of sp³-hybridized carbons (Fsp3) is 0. The van der Waals surface area contributed by atoms with E-state index in [1.165, 1.54) is 18.2 Å². The van der Waals surface area contributed by atoms with E-state index in [9.17, 15) is 38.9 Å². The minimum Gasteiger partial charge on any atom is -0.744 e. The van der Waals surface area contributed by atoms with Crippen molar-refractivity contribution < 1.29 is 38.9 Å². The first-order valence-corrected chi connectivity index (χ1v) is 14.2. The molecule has 0 spiro atoms. The molecule has 37 heavy (non-hydrogen) atoms. The van der Waals surface area contributed by atoms with Gasteiger partial charge >= 0.3 is 17.4 Å². The second kappa shape index (κ2) is 16.8. The Balaban J connectivity index is 0.000000518. The maximum absolute atomic E-state index is 10.2. The SMILES string of the molecule is O=S(=O)([O-])C=Cc1ccccc1.O=S(=O)([O-])C=Cc1ccccc1.O=S(=O)([O-])C=Cc1ccccc1.[Al+3]. The van der Waals surface area contributed by atoms with Crippen LogP contribution in [0.3, 0.4) is 0 Å². The van der Waals surface area contributed by atoms with Crippen LogP contribution in [0.5, 0.6) is 0 Å². The van der Waals surface area contributed by atoms with Gasteiger partial charge in [0.15, 0.2) is 0 Å². The van der Waals surface area contributed by atoms with E-state index in [0.29, 0.717) is 32.9 Å². The van der Waals surface area contributed by atoms with E-state index in [4.69, 9.17) is 0 Å². The molecule has 0 aliphatic heterocycles. The van der Waals surface area contributed by atoms with Crippen LogP contribution >= 0.6 is 0 Å². The first-order chi connectivity index (χ1) is 16.7. The molecule has 9 nitrogen and oxygen atoms in total. The minimum atomic E-state index is -4.25. The predicted molar refractivity (Wildman–Crippen MR) is 141 cm³/mol. The molecule has 0 atom stereocenters. The average molecular weight is 577 g/mol. The molecule has 3 aromatic rings. The summed E-state index contributed by atoms with van der Waals surface area (Å²) in [6.07, 6.45) is 3.80. The molecule has 0 N–H and O–H groups in total. The maximum Gasteiger partial charge on any atom is 3.00 e. The molecule has 0 aliphatic rings. The number of hydrogen-bond acceptors (Lipinski definition) is 9. The monoisotopic (exact) mass is 576 g/mol. The largest absolute Gasteiger partial charge is 3.00 e. The molecule has 0 amide bonds. The molecular weight excluding hydrogens is 555 g/mol. The summed E-state index contributed by atoms with van der Waals surface area (Å²) in [6.45, 7) is 0. The zero-order valence-corrected chi connectivity index (χ0v) is 22.7. The minimum absolute atomic E-state index is 0. The van der Waals surface area contributed by atoms with Gasteiger partial charge in [0.25, 0.3) is 0 Å². The third kappa shape index (κ3) is 21.0. The van der Waals surface area contributed by atoms with Gasteiger partial charge in [-0.05, 0) is 34.9 Å². The Morgan fingerprint density at radius 2 is 0.595 bits per heavy atom. The third-order valence-corrected chi connectivity index (χ3v) is 5.09. The van der Waals surface area contributed by atoms with Crippen LogP contribution in [-0.4, -0.2) is 56.3 Å². The van der Waals surface area contributed by atoms with Gasteiger partial charge in [0.05, 0.1) is 0 Å². The summed E-state index contributed by atoms with van der Waals surface area (Å²) in [5.74, 6) is 0. The number of benzene rings is 3. The van der Waals surface area contributed by atoms with Gasteiger partial charge in [-0.2, -0.15) is 0 Å². The zero-order valence-electron chi connectivity index (χ0n) is 19.1. The van der Waals surface area contributed by atoms with Crippen LogP contribution in [-0.2, 0) is 30.4 Å². The quantitative estimate of drug-likeness (QED) is 0.315. The van der Waals surface area contributed by atoms with E-state index in [0.717, 1.165) is 0 Å². The van der Waals surface area contributed by atoms with Crippen LogP contribution in [0.25, 0.3) is 18.2 Å². The summed E-state index contributed by atoms with van der Waals surface area (Å²) < 4.78 is 91.5. The summed E-state index contributed by atoms with van der Waals surface area (Å²) in [5, 5.41) is 1.92. The van der Waals surface area contributed by atoms with Gasteiger partial charge in [0.2, 0.25) is 0 Å². The van der Waals surface area contributed by atoms with Gasteiger partial charge in [-0.1, -0.05) is 91.0 Å². The molecule has 192 valence electrons. The van der Waals surface area contributed by atoms with Crippen LogP contribution in [0, 0.1) is 0 Å². The van der Waals surface area contributed by atoms with E-state index < -0.39 is 30.4 Å². The van der Waals surface area contributed by atoms with Crippen molar-refractivity contribution in [1.82, 2.24) is 0 Å². The van der Waals surface area contributed by atoms with Gasteiger partial charge in [-0.3, -0.25) is 0 Å². The van der Waals surface area contributed by atoms with Gasteiger partial charge in [-0.25, -0.2) is 25.3 Å². The van der Waals surface area contributed by atoms with Gasteiger partial charge in [-0.15, -0.1) is 0 Å². The van der Waals surface area contributed by atoms with Crippen LogP contribution in [0.2, 0.25) is 0 Å². The van der Waals surface area contributed by atoms with Crippen molar-refractivity contribution in [2.24, 2.45) is 0 Å². The molecule has 0 saturated carbocycles. The molecule has 13 heteroatoms. The Labute approximate surface area is 227 Å². The summed E-state index contributed by atoms with van der Waals surface area (Å²) in [6, 6.07) is 26.3. The van der Waals surface area contributed by atoms with Crippen molar-refractivity contribution in [1.29, 1.82) is 0 Å². The van der Waals surface area contributed by atoms with E-state index in [-0.39, 0.29) is 17.4 Å². The molecular formula is C24H21AlO9S3. The predicted octanol–water partition coefficient (Wildman–Crippen LogP) is 3.23. The van der Waals surface area contributed by atoms with Crippen LogP contribution in [0.15, 0.2) is 107 Å². The molecule has 0 heterocycles. The Bertz CT molecular complexity index is 1280. The topological polar surface area (TPSA) is 172 Å². The van der Waals surface area contributed by atoms with E-state index in [1.807, 2.05) is 18.2 Å². The Kier molecular flexibility index (Phi) is 15.5. The molecule has 0 fully saturated rings. The first kappa shape index (κ1) is 34.1. The summed E-state index contributed by atoms with van der Waals surface area (Å²) in [4.78, 5) is 0. The van der Waals surface area contributed by atoms with Crippen molar-refractivity contribution in [2.75, 3.05) is 0 Å². The molecule has 0 bridgehead atoms. The Hall–Kier alpha value is -2.86. The number of hydrogen-bond donors (Lipinski definition) is 0. The molecule has 3 aromatic carbocycles. The van der Waals surface area contributed by atoms with Crippen molar-refractivity contribution in [2.45, 2.75) is 0 Å². The molecule has 0 aromatic heterocycles. The Morgan fingerprint density at radius 3 is 0.757 bits per heavy atom. The summed E-state index contributed by atoms with van der Waals surface area (Å²) in [7, 11) is -12.8. The van der Waals surface area contributed by atoms with E-state index in [1.54, 1.807) is 72.8 Å². The smallest absolute Gasteiger partial charge is 0.744 e. The van der Waals surface area contributed by atoms with Crippen LogP contribution in [0.4, 0.5) is 0 Å². The normalized spacial score (nSPS) is 11.8. The summed E-state index contributed by atoms with van der Waals surface area (Å²) >= 11 is 0. The zero-order chi connectivity index (χ0) is 27.1. The second-order valence-electron chi connectivity index (χ2n) is 6.62. The van der Waals surface area contributed by atoms with E-state index in [2.05, 4.69) is 0 Å². The van der Waals surface area contributed by atoms with Gasteiger partial charge in [0, 0.05) is 16.2 Å². The summed E-state index contributed by atoms with van der Waals surface area (Å²) in [5.41, 5.74) is 2.07. The standard InChI is InChI=1S/3C8H8O3S.Al/c3*9-12(10,11)7-6-8-4-2-1-3-5-8;/h3*1-7H,(H,9,10,11);/q;;;+3/p-3. The van der Waals surface area contributed by atoms with Gasteiger partial charge in [0.1, 0.15) is 30.4 Å². The van der Waals surface area contributed by atoms with Crippen LogP contribution in [0.1, 0.15) is 16.7 Å². The van der Waals surface area contributed by atoms with Gasteiger partial charge < -0.3 is 13.7 Å².